The third kappa shape index (κ3) is 2.66. The molecular formula is C16H18Zn. The predicted octanol–water partition coefficient (Wildman–Crippen LogP) is 2.95. The van der Waals surface area contributed by atoms with Crippen LogP contribution in [0.4, 0.5) is 0 Å². The second kappa shape index (κ2) is 5.15. The molecule has 84 valence electrons. The summed E-state index contributed by atoms with van der Waals surface area (Å²) < 4.78 is 3.26. The molecule has 0 aromatic heterocycles. The Morgan fingerprint density at radius 3 is 1.47 bits per heavy atom. The summed E-state index contributed by atoms with van der Waals surface area (Å²) in [6, 6.07) is 13.5. The summed E-state index contributed by atoms with van der Waals surface area (Å²) in [5, 5.41) is 0. The van der Waals surface area contributed by atoms with Crippen LogP contribution in [0.5, 0.6) is 0 Å². The van der Waals surface area contributed by atoms with E-state index in [1.54, 1.807) is 8.32 Å². The minimum atomic E-state index is -0.817. The molecule has 0 aliphatic carbocycles. The summed E-state index contributed by atoms with van der Waals surface area (Å²) in [5.41, 5.74) is 5.87. The Bertz CT molecular complexity index is 492. The fourth-order valence-electron chi connectivity index (χ4n) is 2.21. The van der Waals surface area contributed by atoms with Crippen molar-refractivity contribution in [2.45, 2.75) is 27.7 Å². The molecule has 0 aliphatic rings. The monoisotopic (exact) mass is 274 g/mol. The van der Waals surface area contributed by atoms with Crippen LogP contribution in [0.15, 0.2) is 36.4 Å². The van der Waals surface area contributed by atoms with Crippen molar-refractivity contribution in [3.8, 4) is 0 Å². The zero-order valence-corrected chi connectivity index (χ0v) is 14.1. The van der Waals surface area contributed by atoms with E-state index < -0.39 is 17.1 Å². The number of rotatable bonds is 2. The van der Waals surface area contributed by atoms with Gasteiger partial charge in [0, 0.05) is 0 Å². The number of hydrogen-bond donors (Lipinski definition) is 0. The molecule has 0 bridgehead atoms. The van der Waals surface area contributed by atoms with Crippen LogP contribution in [-0.2, 0) is 17.1 Å². The molecule has 0 fully saturated rings. The van der Waals surface area contributed by atoms with Gasteiger partial charge in [0.1, 0.15) is 0 Å². The summed E-state index contributed by atoms with van der Waals surface area (Å²) >= 11 is -0.817. The van der Waals surface area contributed by atoms with E-state index in [4.69, 9.17) is 0 Å². The molecular weight excluding hydrogens is 258 g/mol. The second-order valence-electron chi connectivity index (χ2n) is 4.89. The van der Waals surface area contributed by atoms with Crippen molar-refractivity contribution in [2.75, 3.05) is 0 Å². The molecule has 1 heteroatoms. The fraction of sp³-hybridized carbons (Fsp3) is 0.250. The molecule has 0 saturated carbocycles. The van der Waals surface area contributed by atoms with Gasteiger partial charge in [0.15, 0.2) is 0 Å². The molecule has 0 atom stereocenters. The Morgan fingerprint density at radius 1 is 0.647 bits per heavy atom. The van der Waals surface area contributed by atoms with Crippen LogP contribution in [0.3, 0.4) is 0 Å². The van der Waals surface area contributed by atoms with Gasteiger partial charge in [0.2, 0.25) is 0 Å². The molecule has 17 heavy (non-hydrogen) atoms. The Kier molecular flexibility index (Phi) is 3.79. The van der Waals surface area contributed by atoms with Crippen molar-refractivity contribution in [3.05, 3.63) is 58.7 Å². The average molecular weight is 276 g/mol. The van der Waals surface area contributed by atoms with Gasteiger partial charge in [0.05, 0.1) is 0 Å². The summed E-state index contributed by atoms with van der Waals surface area (Å²) in [7, 11) is 0. The van der Waals surface area contributed by atoms with Crippen LogP contribution in [0, 0.1) is 27.7 Å². The zero-order chi connectivity index (χ0) is 12.4. The van der Waals surface area contributed by atoms with E-state index in [2.05, 4.69) is 64.1 Å². The molecule has 0 amide bonds. The van der Waals surface area contributed by atoms with Crippen molar-refractivity contribution < 1.29 is 17.1 Å². The molecule has 0 heterocycles. The third-order valence-corrected chi connectivity index (χ3v) is 8.63. The quantitative estimate of drug-likeness (QED) is 0.739. The van der Waals surface area contributed by atoms with Gasteiger partial charge in [-0.25, -0.2) is 0 Å². The standard InChI is InChI=1S/2C8H9.Zn/c2*1-7-5-3-4-6-8(7)2;/h2*3-5H,1-2H3;. The number of aryl methyl sites for hydroxylation is 2. The van der Waals surface area contributed by atoms with Gasteiger partial charge < -0.3 is 0 Å². The minimum absolute atomic E-state index is 0.817. The van der Waals surface area contributed by atoms with Crippen molar-refractivity contribution in [1.82, 2.24) is 0 Å². The van der Waals surface area contributed by atoms with Crippen LogP contribution in [0.25, 0.3) is 0 Å². The van der Waals surface area contributed by atoms with Crippen molar-refractivity contribution >= 4 is 8.32 Å². The van der Waals surface area contributed by atoms with Gasteiger partial charge in [-0.05, 0) is 0 Å². The number of benzene rings is 2. The SMILES string of the molecule is Cc1ccc[c]([Zn][c]2cccc(C)c2C)c1C. The van der Waals surface area contributed by atoms with Crippen LogP contribution in [-0.4, -0.2) is 0 Å². The maximum absolute atomic E-state index is 2.32. The molecule has 0 spiro atoms. The summed E-state index contributed by atoms with van der Waals surface area (Å²) in [6.45, 7) is 8.95. The topological polar surface area (TPSA) is 0 Å². The first-order valence-corrected chi connectivity index (χ1v) is 9.16. The van der Waals surface area contributed by atoms with E-state index in [0.29, 0.717) is 0 Å². The van der Waals surface area contributed by atoms with E-state index >= 15 is 0 Å². The molecule has 0 unspecified atom stereocenters. The Hall–Kier alpha value is -0.937. The Morgan fingerprint density at radius 2 is 1.06 bits per heavy atom. The Balaban J connectivity index is 2.38. The molecule has 2 aromatic carbocycles. The van der Waals surface area contributed by atoms with Crippen molar-refractivity contribution in [2.24, 2.45) is 0 Å². The summed E-state index contributed by atoms with van der Waals surface area (Å²) in [5.74, 6) is 0. The summed E-state index contributed by atoms with van der Waals surface area (Å²) in [6.07, 6.45) is 0. The van der Waals surface area contributed by atoms with E-state index in [1.807, 2.05) is 0 Å². The average Bonchev–Trinajstić information content (AvgIpc) is 2.31. The van der Waals surface area contributed by atoms with Crippen LogP contribution in [0.2, 0.25) is 0 Å². The fourth-order valence-corrected chi connectivity index (χ4v) is 6.42. The Labute approximate surface area is 112 Å². The van der Waals surface area contributed by atoms with Crippen molar-refractivity contribution in [3.63, 3.8) is 0 Å². The van der Waals surface area contributed by atoms with Gasteiger partial charge in [-0.3, -0.25) is 0 Å². The zero-order valence-electron chi connectivity index (χ0n) is 11.2. The van der Waals surface area contributed by atoms with Gasteiger partial charge in [-0.1, -0.05) is 0 Å². The first kappa shape index (κ1) is 12.5. The maximum atomic E-state index is 2.32. The van der Waals surface area contributed by atoms with Gasteiger partial charge in [-0.2, -0.15) is 0 Å². The van der Waals surface area contributed by atoms with Crippen LogP contribution < -0.4 is 8.32 Å². The van der Waals surface area contributed by atoms with Gasteiger partial charge >= 0.3 is 112 Å². The van der Waals surface area contributed by atoms with E-state index in [-0.39, 0.29) is 0 Å². The van der Waals surface area contributed by atoms with Crippen molar-refractivity contribution in [1.29, 1.82) is 0 Å². The third-order valence-electron chi connectivity index (χ3n) is 3.81. The molecule has 2 aromatic rings. The molecule has 0 nitrogen and oxygen atoms in total. The van der Waals surface area contributed by atoms with Crippen LogP contribution >= 0.6 is 0 Å². The molecule has 0 radical (unpaired) electrons. The first-order valence-electron chi connectivity index (χ1n) is 6.20. The van der Waals surface area contributed by atoms with Gasteiger partial charge in [-0.15, -0.1) is 0 Å². The van der Waals surface area contributed by atoms with E-state index in [9.17, 15) is 0 Å². The normalized spacial score (nSPS) is 10.1. The van der Waals surface area contributed by atoms with Crippen LogP contribution in [0.1, 0.15) is 22.3 Å². The molecule has 0 aliphatic heterocycles. The molecule has 2 rings (SSSR count). The van der Waals surface area contributed by atoms with Gasteiger partial charge in [0.25, 0.3) is 0 Å². The number of hydrogen-bond acceptors (Lipinski definition) is 0. The predicted molar refractivity (Wildman–Crippen MR) is 71.1 cm³/mol. The van der Waals surface area contributed by atoms with E-state index in [0.717, 1.165) is 0 Å². The molecule has 0 N–H and O–H groups in total. The van der Waals surface area contributed by atoms with E-state index in [1.165, 1.54) is 22.3 Å². The second-order valence-corrected chi connectivity index (χ2v) is 8.83. The molecule has 0 saturated heterocycles. The summed E-state index contributed by atoms with van der Waals surface area (Å²) in [4.78, 5) is 0. The first-order chi connectivity index (χ1) is 8.09.